The van der Waals surface area contributed by atoms with E-state index in [0.717, 1.165) is 29.4 Å². The van der Waals surface area contributed by atoms with Crippen molar-refractivity contribution >= 4 is 5.82 Å². The largest absolute Gasteiger partial charge is 0.350 e. The standard InChI is InChI=1S/C12H17N3/c1-8-6-12(14-9(2)13-8)15-10-4-3-5-11(15)7-10/h6,10-11H,3-5,7H2,1-2H3. The van der Waals surface area contributed by atoms with E-state index in [-0.39, 0.29) is 0 Å². The van der Waals surface area contributed by atoms with Crippen LogP contribution in [0.1, 0.15) is 37.2 Å². The first-order valence-corrected chi connectivity index (χ1v) is 5.84. The number of hydrogen-bond donors (Lipinski definition) is 0. The van der Waals surface area contributed by atoms with Crippen LogP contribution in [-0.4, -0.2) is 22.1 Å². The van der Waals surface area contributed by atoms with E-state index in [1.165, 1.54) is 25.7 Å². The van der Waals surface area contributed by atoms with Crippen LogP contribution in [0.4, 0.5) is 5.82 Å². The van der Waals surface area contributed by atoms with Crippen LogP contribution < -0.4 is 4.90 Å². The van der Waals surface area contributed by atoms with Gasteiger partial charge in [0.15, 0.2) is 0 Å². The summed E-state index contributed by atoms with van der Waals surface area (Å²) in [5, 5.41) is 0. The topological polar surface area (TPSA) is 29.0 Å². The Morgan fingerprint density at radius 1 is 1.20 bits per heavy atom. The van der Waals surface area contributed by atoms with Crippen molar-refractivity contribution in [1.82, 2.24) is 9.97 Å². The Bertz CT molecular complexity index is 354. The fraction of sp³-hybridized carbons (Fsp3) is 0.667. The Kier molecular flexibility index (Phi) is 1.94. The molecule has 0 radical (unpaired) electrons. The van der Waals surface area contributed by atoms with Gasteiger partial charge in [-0.3, -0.25) is 0 Å². The first kappa shape index (κ1) is 9.13. The van der Waals surface area contributed by atoms with Crippen molar-refractivity contribution in [3.63, 3.8) is 0 Å². The molecule has 2 atom stereocenters. The van der Waals surface area contributed by atoms with E-state index in [1.54, 1.807) is 0 Å². The lowest BCUT2D eigenvalue weighted by molar-refractivity contribution is 0.241. The maximum atomic E-state index is 4.55. The predicted octanol–water partition coefficient (Wildman–Crippen LogP) is 2.22. The molecule has 1 aromatic rings. The number of hydrogen-bond acceptors (Lipinski definition) is 3. The second-order valence-corrected chi connectivity index (χ2v) is 4.80. The fourth-order valence-electron chi connectivity index (χ4n) is 3.01. The highest BCUT2D eigenvalue weighted by Gasteiger charge is 2.41. The lowest BCUT2D eigenvalue weighted by atomic mass is 9.80. The molecule has 0 aromatic carbocycles. The molecule has 15 heavy (non-hydrogen) atoms. The number of nitrogens with zero attached hydrogens (tertiary/aromatic N) is 3. The van der Waals surface area contributed by atoms with Gasteiger partial charge in [-0.05, 0) is 39.5 Å². The van der Waals surface area contributed by atoms with E-state index in [1.807, 2.05) is 13.8 Å². The summed E-state index contributed by atoms with van der Waals surface area (Å²) < 4.78 is 0. The summed E-state index contributed by atoms with van der Waals surface area (Å²) in [7, 11) is 0. The number of anilines is 1. The zero-order valence-corrected chi connectivity index (χ0v) is 9.40. The van der Waals surface area contributed by atoms with Crippen LogP contribution in [0.2, 0.25) is 0 Å². The third kappa shape index (κ3) is 1.41. The minimum atomic E-state index is 0.762. The predicted molar refractivity (Wildman–Crippen MR) is 60.0 cm³/mol. The van der Waals surface area contributed by atoms with Gasteiger partial charge in [0.05, 0.1) is 0 Å². The quantitative estimate of drug-likeness (QED) is 0.701. The average Bonchev–Trinajstić information content (AvgIpc) is 2.16. The van der Waals surface area contributed by atoms with Crippen molar-refractivity contribution in [2.24, 2.45) is 0 Å². The van der Waals surface area contributed by atoms with Crippen molar-refractivity contribution in [2.75, 3.05) is 4.90 Å². The van der Waals surface area contributed by atoms with E-state index in [4.69, 9.17) is 0 Å². The molecule has 2 unspecified atom stereocenters. The highest BCUT2D eigenvalue weighted by molar-refractivity contribution is 5.46. The monoisotopic (exact) mass is 203 g/mol. The lowest BCUT2D eigenvalue weighted by Crippen LogP contribution is -2.59. The van der Waals surface area contributed by atoms with Gasteiger partial charge in [-0.1, -0.05) is 0 Å². The van der Waals surface area contributed by atoms with Crippen LogP contribution in [-0.2, 0) is 0 Å². The van der Waals surface area contributed by atoms with Crippen LogP contribution in [0.5, 0.6) is 0 Å². The Morgan fingerprint density at radius 3 is 2.53 bits per heavy atom. The SMILES string of the molecule is Cc1cc(N2C3CCCC2C3)nc(C)n1. The summed E-state index contributed by atoms with van der Waals surface area (Å²) in [4.78, 5) is 11.4. The summed E-state index contributed by atoms with van der Waals surface area (Å²) in [6.07, 6.45) is 5.47. The molecule has 2 saturated heterocycles. The molecule has 3 nitrogen and oxygen atoms in total. The minimum Gasteiger partial charge on any atom is -0.350 e. The molecule has 3 heteroatoms. The summed E-state index contributed by atoms with van der Waals surface area (Å²) in [6, 6.07) is 3.65. The molecular formula is C12H17N3. The molecule has 2 fully saturated rings. The molecule has 0 saturated carbocycles. The van der Waals surface area contributed by atoms with Gasteiger partial charge in [0, 0.05) is 23.8 Å². The molecule has 1 aromatic heterocycles. The molecule has 3 heterocycles. The second kappa shape index (κ2) is 3.19. The van der Waals surface area contributed by atoms with Crippen LogP contribution in [0.15, 0.2) is 6.07 Å². The molecule has 0 aliphatic carbocycles. The molecule has 2 bridgehead atoms. The molecule has 3 rings (SSSR count). The Hall–Kier alpha value is -1.12. The average molecular weight is 203 g/mol. The van der Waals surface area contributed by atoms with Gasteiger partial charge < -0.3 is 4.90 Å². The molecular weight excluding hydrogens is 186 g/mol. The zero-order valence-electron chi connectivity index (χ0n) is 9.40. The molecule has 80 valence electrons. The van der Waals surface area contributed by atoms with Crippen molar-refractivity contribution in [3.05, 3.63) is 17.6 Å². The highest BCUT2D eigenvalue weighted by Crippen LogP contribution is 2.40. The van der Waals surface area contributed by atoms with Gasteiger partial charge in [0.1, 0.15) is 11.6 Å². The summed E-state index contributed by atoms with van der Waals surface area (Å²) in [6.45, 7) is 4.03. The molecule has 0 spiro atoms. The van der Waals surface area contributed by atoms with Crippen LogP contribution in [0.25, 0.3) is 0 Å². The lowest BCUT2D eigenvalue weighted by Gasteiger charge is -2.53. The minimum absolute atomic E-state index is 0.762. The van der Waals surface area contributed by atoms with Gasteiger partial charge in [-0.2, -0.15) is 0 Å². The van der Waals surface area contributed by atoms with Crippen LogP contribution >= 0.6 is 0 Å². The highest BCUT2D eigenvalue weighted by atomic mass is 15.3. The maximum absolute atomic E-state index is 4.55. The van der Waals surface area contributed by atoms with Crippen LogP contribution in [0, 0.1) is 13.8 Å². The van der Waals surface area contributed by atoms with Crippen LogP contribution in [0.3, 0.4) is 0 Å². The molecule has 0 amide bonds. The van der Waals surface area contributed by atoms with Gasteiger partial charge in [-0.15, -0.1) is 0 Å². The van der Waals surface area contributed by atoms with Crippen molar-refractivity contribution in [1.29, 1.82) is 0 Å². The van der Waals surface area contributed by atoms with E-state index in [2.05, 4.69) is 20.9 Å². The summed E-state index contributed by atoms with van der Waals surface area (Å²) in [5.41, 5.74) is 1.09. The third-order valence-electron chi connectivity index (χ3n) is 3.62. The van der Waals surface area contributed by atoms with Gasteiger partial charge in [0.25, 0.3) is 0 Å². The first-order valence-electron chi connectivity index (χ1n) is 5.84. The summed E-state index contributed by atoms with van der Waals surface area (Å²) in [5.74, 6) is 2.05. The van der Waals surface area contributed by atoms with E-state index in [9.17, 15) is 0 Å². The second-order valence-electron chi connectivity index (χ2n) is 4.80. The summed E-state index contributed by atoms with van der Waals surface area (Å²) >= 11 is 0. The Morgan fingerprint density at radius 2 is 1.93 bits per heavy atom. The van der Waals surface area contributed by atoms with E-state index < -0.39 is 0 Å². The third-order valence-corrected chi connectivity index (χ3v) is 3.62. The van der Waals surface area contributed by atoms with Gasteiger partial charge in [0.2, 0.25) is 0 Å². The van der Waals surface area contributed by atoms with Gasteiger partial charge >= 0.3 is 0 Å². The number of aryl methyl sites for hydroxylation is 2. The normalized spacial score (nSPS) is 28.8. The number of aromatic nitrogens is 2. The molecule has 0 N–H and O–H groups in total. The maximum Gasteiger partial charge on any atom is 0.133 e. The van der Waals surface area contributed by atoms with E-state index in [0.29, 0.717) is 0 Å². The zero-order chi connectivity index (χ0) is 10.4. The van der Waals surface area contributed by atoms with E-state index >= 15 is 0 Å². The van der Waals surface area contributed by atoms with Crippen molar-refractivity contribution in [2.45, 2.75) is 51.6 Å². The van der Waals surface area contributed by atoms with Gasteiger partial charge in [-0.25, -0.2) is 9.97 Å². The fourth-order valence-corrected chi connectivity index (χ4v) is 3.01. The van der Waals surface area contributed by atoms with Crippen molar-refractivity contribution < 1.29 is 0 Å². The number of piperidine rings is 1. The number of rotatable bonds is 1. The molecule has 2 aliphatic heterocycles. The molecule has 2 aliphatic rings. The van der Waals surface area contributed by atoms with Crippen molar-refractivity contribution in [3.8, 4) is 0 Å². The Labute approximate surface area is 90.5 Å². The smallest absolute Gasteiger partial charge is 0.133 e. The Balaban J connectivity index is 1.92. The first-order chi connectivity index (χ1) is 7.24. The number of fused-ring (bicyclic) bond motifs is 2.